The van der Waals surface area contributed by atoms with Crippen molar-refractivity contribution in [2.24, 2.45) is 5.92 Å². The molecule has 0 unspecified atom stereocenters. The zero-order chi connectivity index (χ0) is 21.3. The van der Waals surface area contributed by atoms with E-state index in [9.17, 15) is 14.4 Å². The molecule has 2 aliphatic rings. The molecule has 30 heavy (non-hydrogen) atoms. The van der Waals surface area contributed by atoms with Crippen molar-refractivity contribution in [2.75, 3.05) is 0 Å². The molecule has 2 amide bonds. The summed E-state index contributed by atoms with van der Waals surface area (Å²) in [5.74, 6) is -1.22. The van der Waals surface area contributed by atoms with E-state index in [1.54, 1.807) is 24.3 Å². The third-order valence-electron chi connectivity index (χ3n) is 5.93. The number of hydrogen-bond acceptors (Lipinski definition) is 5. The average molecular weight is 415 g/mol. The Hall–Kier alpha value is -2.67. The number of rotatable bonds is 7. The first-order valence-corrected chi connectivity index (χ1v) is 10.8. The van der Waals surface area contributed by atoms with E-state index >= 15 is 0 Å². The Bertz CT molecular complexity index is 780. The Kier molecular flexibility index (Phi) is 8.02. The van der Waals surface area contributed by atoms with Crippen molar-refractivity contribution in [3.05, 3.63) is 41.5 Å². The van der Waals surface area contributed by atoms with E-state index in [0.29, 0.717) is 11.1 Å². The molecule has 0 aliphatic heterocycles. The standard InChI is InChI=1S/C23H30N2O5/c26-20(25-29)14-13-16-7-6-10-18(15-16)22(27)24-21(17-8-2-1-3-9-17)23(28)30-19-11-4-5-12-19/h6-7,10,13-15,17,19,21,29H,1-5,8-9,11-12H2,(H,24,27)(H,25,26)/b14-13+/t21-/m0/s1. The second-order valence-electron chi connectivity index (χ2n) is 8.13. The number of carbonyl (C=O) groups excluding carboxylic acids is 3. The maximum atomic E-state index is 12.9. The number of amides is 2. The summed E-state index contributed by atoms with van der Waals surface area (Å²) >= 11 is 0. The van der Waals surface area contributed by atoms with Crippen LogP contribution < -0.4 is 10.8 Å². The quantitative estimate of drug-likeness (QED) is 0.275. The van der Waals surface area contributed by atoms with E-state index in [-0.39, 0.29) is 23.9 Å². The number of nitrogens with one attached hydrogen (secondary N) is 2. The minimum Gasteiger partial charge on any atom is -0.461 e. The molecule has 1 aromatic carbocycles. The summed E-state index contributed by atoms with van der Waals surface area (Å²) in [7, 11) is 0. The van der Waals surface area contributed by atoms with Crippen LogP contribution in [0, 0.1) is 5.92 Å². The normalized spacial score (nSPS) is 18.8. The Morgan fingerprint density at radius 1 is 1.03 bits per heavy atom. The van der Waals surface area contributed by atoms with Crippen LogP contribution in [0.15, 0.2) is 30.3 Å². The summed E-state index contributed by atoms with van der Waals surface area (Å²) in [6.45, 7) is 0. The number of hydrogen-bond donors (Lipinski definition) is 3. The van der Waals surface area contributed by atoms with E-state index in [1.165, 1.54) is 17.6 Å². The van der Waals surface area contributed by atoms with Gasteiger partial charge in [0.25, 0.3) is 11.8 Å². The van der Waals surface area contributed by atoms with Gasteiger partial charge in [0.15, 0.2) is 0 Å². The van der Waals surface area contributed by atoms with Gasteiger partial charge in [-0.15, -0.1) is 0 Å². The summed E-state index contributed by atoms with van der Waals surface area (Å²) in [6, 6.07) is 6.11. The molecule has 1 atom stereocenters. The SMILES string of the molecule is O=C(/C=C/c1cccc(C(=O)N[C@H](C(=O)OC2CCCC2)C2CCCCC2)c1)NO. The second-order valence-corrected chi connectivity index (χ2v) is 8.13. The number of ether oxygens (including phenoxy) is 1. The lowest BCUT2D eigenvalue weighted by Gasteiger charge is -2.30. The lowest BCUT2D eigenvalue weighted by atomic mass is 9.83. The van der Waals surface area contributed by atoms with Gasteiger partial charge >= 0.3 is 5.97 Å². The van der Waals surface area contributed by atoms with Crippen molar-refractivity contribution < 1.29 is 24.3 Å². The van der Waals surface area contributed by atoms with Crippen LogP contribution in [-0.2, 0) is 14.3 Å². The van der Waals surface area contributed by atoms with Gasteiger partial charge in [0, 0.05) is 11.6 Å². The maximum absolute atomic E-state index is 12.9. The van der Waals surface area contributed by atoms with Crippen molar-refractivity contribution >= 4 is 23.9 Å². The molecule has 0 heterocycles. The van der Waals surface area contributed by atoms with Gasteiger partial charge in [-0.2, -0.15) is 0 Å². The Labute approximate surface area is 176 Å². The summed E-state index contributed by atoms with van der Waals surface area (Å²) in [6.07, 6.45) is 11.7. The highest BCUT2D eigenvalue weighted by Gasteiger charge is 2.34. The van der Waals surface area contributed by atoms with E-state index in [4.69, 9.17) is 9.94 Å². The van der Waals surface area contributed by atoms with Crippen molar-refractivity contribution in [2.45, 2.75) is 69.9 Å². The molecule has 0 radical (unpaired) electrons. The molecular formula is C23H30N2O5. The smallest absolute Gasteiger partial charge is 0.329 e. The van der Waals surface area contributed by atoms with E-state index in [0.717, 1.165) is 57.8 Å². The number of esters is 1. The van der Waals surface area contributed by atoms with E-state index < -0.39 is 11.9 Å². The number of benzene rings is 1. The second kappa shape index (κ2) is 10.9. The van der Waals surface area contributed by atoms with Gasteiger partial charge in [0.2, 0.25) is 0 Å². The minimum absolute atomic E-state index is 0.0355. The monoisotopic (exact) mass is 414 g/mol. The molecule has 2 aliphatic carbocycles. The molecule has 7 heteroatoms. The first-order chi connectivity index (χ1) is 14.6. The molecule has 7 nitrogen and oxygen atoms in total. The Morgan fingerprint density at radius 3 is 2.43 bits per heavy atom. The van der Waals surface area contributed by atoms with Crippen molar-refractivity contribution in [1.29, 1.82) is 0 Å². The fourth-order valence-corrected chi connectivity index (χ4v) is 4.30. The highest BCUT2D eigenvalue weighted by atomic mass is 16.5. The van der Waals surface area contributed by atoms with Crippen LogP contribution in [-0.4, -0.2) is 35.1 Å². The lowest BCUT2D eigenvalue weighted by Crippen LogP contribution is -2.48. The Balaban J connectivity index is 1.71. The van der Waals surface area contributed by atoms with Crippen LogP contribution in [0.25, 0.3) is 6.08 Å². The van der Waals surface area contributed by atoms with Crippen molar-refractivity contribution in [3.63, 3.8) is 0 Å². The molecule has 3 N–H and O–H groups in total. The first-order valence-electron chi connectivity index (χ1n) is 10.8. The van der Waals surface area contributed by atoms with Gasteiger partial charge in [0.05, 0.1) is 0 Å². The molecule has 0 bridgehead atoms. The van der Waals surface area contributed by atoms with Crippen LogP contribution in [0.5, 0.6) is 0 Å². The van der Waals surface area contributed by atoms with Gasteiger partial charge < -0.3 is 10.1 Å². The fourth-order valence-electron chi connectivity index (χ4n) is 4.30. The summed E-state index contributed by atoms with van der Waals surface area (Å²) in [5.41, 5.74) is 2.55. The summed E-state index contributed by atoms with van der Waals surface area (Å²) in [5, 5.41) is 11.5. The molecule has 3 rings (SSSR count). The molecular weight excluding hydrogens is 384 g/mol. The Morgan fingerprint density at radius 2 is 1.73 bits per heavy atom. The number of carbonyl (C=O) groups is 3. The maximum Gasteiger partial charge on any atom is 0.329 e. The predicted octanol–water partition coefficient (Wildman–Crippen LogP) is 3.37. The third kappa shape index (κ3) is 6.16. The molecule has 1 aromatic rings. The van der Waals surface area contributed by atoms with Gasteiger partial charge in [-0.05, 0) is 68.2 Å². The summed E-state index contributed by atoms with van der Waals surface area (Å²) < 4.78 is 5.73. The highest BCUT2D eigenvalue weighted by molar-refractivity contribution is 5.97. The zero-order valence-electron chi connectivity index (χ0n) is 17.1. The zero-order valence-corrected chi connectivity index (χ0v) is 17.1. The average Bonchev–Trinajstić information content (AvgIpc) is 3.29. The minimum atomic E-state index is -0.656. The van der Waals surface area contributed by atoms with Crippen LogP contribution in [0.1, 0.15) is 73.7 Å². The highest BCUT2D eigenvalue weighted by Crippen LogP contribution is 2.29. The third-order valence-corrected chi connectivity index (χ3v) is 5.93. The van der Waals surface area contributed by atoms with Gasteiger partial charge in [-0.25, -0.2) is 10.3 Å². The van der Waals surface area contributed by atoms with Crippen LogP contribution in [0.4, 0.5) is 0 Å². The summed E-state index contributed by atoms with van der Waals surface area (Å²) in [4.78, 5) is 37.0. The van der Waals surface area contributed by atoms with E-state index in [1.807, 2.05) is 0 Å². The molecule has 2 saturated carbocycles. The van der Waals surface area contributed by atoms with Crippen LogP contribution in [0.3, 0.4) is 0 Å². The topological polar surface area (TPSA) is 105 Å². The lowest BCUT2D eigenvalue weighted by molar-refractivity contribution is -0.153. The molecule has 2 fully saturated rings. The largest absolute Gasteiger partial charge is 0.461 e. The van der Waals surface area contributed by atoms with E-state index in [2.05, 4.69) is 5.32 Å². The van der Waals surface area contributed by atoms with Crippen LogP contribution >= 0.6 is 0 Å². The van der Waals surface area contributed by atoms with Gasteiger partial charge in [-0.3, -0.25) is 14.8 Å². The molecule has 162 valence electrons. The number of hydroxylamine groups is 1. The van der Waals surface area contributed by atoms with Crippen LogP contribution in [0.2, 0.25) is 0 Å². The predicted molar refractivity (Wildman–Crippen MR) is 112 cm³/mol. The van der Waals surface area contributed by atoms with Crippen molar-refractivity contribution in [3.8, 4) is 0 Å². The molecule has 0 spiro atoms. The molecule has 0 aromatic heterocycles. The van der Waals surface area contributed by atoms with Crippen molar-refractivity contribution in [1.82, 2.24) is 10.8 Å². The molecule has 0 saturated heterocycles. The van der Waals surface area contributed by atoms with Gasteiger partial charge in [0.1, 0.15) is 12.1 Å². The fraction of sp³-hybridized carbons (Fsp3) is 0.522. The van der Waals surface area contributed by atoms with Gasteiger partial charge in [-0.1, -0.05) is 31.4 Å². The first kappa shape index (κ1) is 22.0.